The van der Waals surface area contributed by atoms with Crippen LogP contribution in [0, 0.1) is 0 Å². The van der Waals surface area contributed by atoms with Gasteiger partial charge in [0.05, 0.1) is 36.8 Å². The number of imidazole rings is 1. The van der Waals surface area contributed by atoms with Gasteiger partial charge in [0.15, 0.2) is 11.5 Å². The minimum absolute atomic E-state index is 0.0601. The van der Waals surface area contributed by atoms with E-state index in [9.17, 15) is 4.79 Å². The molecule has 1 amide bonds. The molecule has 1 aliphatic heterocycles. The second-order valence-electron chi connectivity index (χ2n) is 7.29. The molecule has 0 saturated carbocycles. The molecule has 158 valence electrons. The van der Waals surface area contributed by atoms with Crippen LogP contribution >= 0.6 is 0 Å². The maximum Gasteiger partial charge on any atom is 0.272 e. The van der Waals surface area contributed by atoms with Crippen molar-refractivity contribution in [3.63, 3.8) is 0 Å². The Bertz CT molecular complexity index is 1220. The Morgan fingerprint density at radius 3 is 3.10 bits per heavy atom. The largest absolute Gasteiger partial charge is 0.497 e. The molecule has 31 heavy (non-hydrogen) atoms. The Balaban J connectivity index is 1.53. The van der Waals surface area contributed by atoms with Crippen LogP contribution in [0.4, 0.5) is 0 Å². The van der Waals surface area contributed by atoms with E-state index in [0.717, 1.165) is 36.6 Å². The maximum atomic E-state index is 12.9. The van der Waals surface area contributed by atoms with Crippen molar-refractivity contribution >= 4 is 11.4 Å². The summed E-state index contributed by atoms with van der Waals surface area (Å²) in [5.41, 5.74) is 2.52. The van der Waals surface area contributed by atoms with E-state index in [0.29, 0.717) is 23.6 Å². The molecule has 1 aliphatic rings. The Kier molecular flexibility index (Phi) is 5.09. The van der Waals surface area contributed by atoms with Crippen LogP contribution in [0.1, 0.15) is 23.3 Å². The van der Waals surface area contributed by atoms with Crippen molar-refractivity contribution in [1.82, 2.24) is 29.5 Å². The van der Waals surface area contributed by atoms with Gasteiger partial charge in [-0.2, -0.15) is 5.10 Å². The molecule has 0 unspecified atom stereocenters. The first kappa shape index (κ1) is 19.3. The topological polar surface area (TPSA) is 95.6 Å². The average molecular weight is 418 g/mol. The van der Waals surface area contributed by atoms with Crippen LogP contribution in [0.3, 0.4) is 0 Å². The molecule has 1 N–H and O–H groups in total. The highest BCUT2D eigenvalue weighted by Gasteiger charge is 2.23. The number of carbonyl (C=O) groups is 1. The predicted octanol–water partition coefficient (Wildman–Crippen LogP) is 2.50. The highest BCUT2D eigenvalue weighted by atomic mass is 16.5. The summed E-state index contributed by atoms with van der Waals surface area (Å²) in [6.07, 6.45) is 8.84. The lowest BCUT2D eigenvalue weighted by Gasteiger charge is -2.09. The van der Waals surface area contributed by atoms with Crippen molar-refractivity contribution in [1.29, 1.82) is 0 Å². The molecule has 4 aromatic rings. The van der Waals surface area contributed by atoms with Crippen LogP contribution in [0.15, 0.2) is 55.1 Å². The number of amides is 1. The van der Waals surface area contributed by atoms with Gasteiger partial charge < -0.3 is 14.8 Å². The standard InChI is InChI=1S/C22H22N6O3/c1-30-16-5-2-4-15(12-16)28-18(7-8-25-28)21-26-20(19-14-23-9-10-27(19)21)22(29)24-13-17-6-3-11-31-17/h2,4-5,7-10,12,14,17H,3,6,11,13H2,1H3,(H,24,29)/t17-/m0/s1. The summed E-state index contributed by atoms with van der Waals surface area (Å²) < 4.78 is 14.6. The molecule has 9 nitrogen and oxygen atoms in total. The number of aromatic nitrogens is 5. The SMILES string of the molecule is COc1cccc(-n2nccc2-c2nc(C(=O)NC[C@@H]3CCCO3)c3cnccn23)c1. The number of hydrogen-bond acceptors (Lipinski definition) is 6. The minimum atomic E-state index is -0.250. The molecule has 1 atom stereocenters. The fraction of sp³-hybridized carbons (Fsp3) is 0.273. The van der Waals surface area contributed by atoms with E-state index in [1.54, 1.807) is 36.6 Å². The summed E-state index contributed by atoms with van der Waals surface area (Å²) >= 11 is 0. The van der Waals surface area contributed by atoms with Gasteiger partial charge in [-0.1, -0.05) is 6.07 Å². The van der Waals surface area contributed by atoms with Gasteiger partial charge in [0.1, 0.15) is 11.4 Å². The van der Waals surface area contributed by atoms with Crippen LogP contribution in [-0.4, -0.2) is 56.4 Å². The van der Waals surface area contributed by atoms with Crippen LogP contribution in [-0.2, 0) is 4.74 Å². The lowest BCUT2D eigenvalue weighted by atomic mass is 10.2. The van der Waals surface area contributed by atoms with Gasteiger partial charge in [-0.05, 0) is 31.0 Å². The summed E-state index contributed by atoms with van der Waals surface area (Å²) in [4.78, 5) is 21.8. The third-order valence-corrected chi connectivity index (χ3v) is 5.35. The molecule has 9 heteroatoms. The van der Waals surface area contributed by atoms with Crippen LogP contribution in [0.5, 0.6) is 5.75 Å². The number of methoxy groups -OCH3 is 1. The Labute approximate surface area is 178 Å². The molecule has 0 bridgehead atoms. The van der Waals surface area contributed by atoms with Crippen molar-refractivity contribution in [2.45, 2.75) is 18.9 Å². The molecular formula is C22H22N6O3. The summed E-state index contributed by atoms with van der Waals surface area (Å²) in [6.45, 7) is 1.21. The number of carbonyl (C=O) groups excluding carboxylic acids is 1. The first-order valence-electron chi connectivity index (χ1n) is 10.2. The second kappa shape index (κ2) is 8.19. The first-order valence-corrected chi connectivity index (χ1v) is 10.2. The van der Waals surface area contributed by atoms with Crippen molar-refractivity contribution in [2.75, 3.05) is 20.3 Å². The van der Waals surface area contributed by atoms with E-state index < -0.39 is 0 Å². The van der Waals surface area contributed by atoms with Gasteiger partial charge >= 0.3 is 0 Å². The van der Waals surface area contributed by atoms with E-state index in [2.05, 4.69) is 20.4 Å². The van der Waals surface area contributed by atoms with E-state index in [-0.39, 0.29) is 12.0 Å². The Morgan fingerprint density at radius 2 is 2.26 bits per heavy atom. The van der Waals surface area contributed by atoms with Gasteiger partial charge in [0, 0.05) is 31.6 Å². The number of hydrogen-bond donors (Lipinski definition) is 1. The molecule has 0 aliphatic carbocycles. The van der Waals surface area contributed by atoms with Gasteiger partial charge in [-0.3, -0.25) is 14.2 Å². The predicted molar refractivity (Wildman–Crippen MR) is 113 cm³/mol. The molecule has 1 aromatic carbocycles. The lowest BCUT2D eigenvalue weighted by molar-refractivity contribution is 0.0855. The number of nitrogens with one attached hydrogen (secondary N) is 1. The third-order valence-electron chi connectivity index (χ3n) is 5.35. The zero-order chi connectivity index (χ0) is 21.2. The van der Waals surface area contributed by atoms with Crippen molar-refractivity contribution in [2.24, 2.45) is 0 Å². The highest BCUT2D eigenvalue weighted by Crippen LogP contribution is 2.26. The molecule has 3 aromatic heterocycles. The molecule has 1 fully saturated rings. The Hall–Kier alpha value is -3.72. The minimum Gasteiger partial charge on any atom is -0.497 e. The van der Waals surface area contributed by atoms with Crippen molar-refractivity contribution in [3.8, 4) is 23.0 Å². The number of benzene rings is 1. The Morgan fingerprint density at radius 1 is 1.32 bits per heavy atom. The fourth-order valence-electron chi connectivity index (χ4n) is 3.80. The number of fused-ring (bicyclic) bond motifs is 1. The average Bonchev–Trinajstić information content (AvgIpc) is 3.57. The number of nitrogens with zero attached hydrogens (tertiary/aromatic N) is 5. The second-order valence-corrected chi connectivity index (χ2v) is 7.29. The molecule has 0 spiro atoms. The lowest BCUT2D eigenvalue weighted by Crippen LogP contribution is -2.32. The summed E-state index contributed by atoms with van der Waals surface area (Å²) in [5.74, 6) is 1.07. The zero-order valence-corrected chi connectivity index (χ0v) is 17.1. The monoisotopic (exact) mass is 418 g/mol. The number of ether oxygens (including phenoxy) is 2. The van der Waals surface area contributed by atoms with Gasteiger partial charge in [0.25, 0.3) is 5.91 Å². The van der Waals surface area contributed by atoms with Crippen LogP contribution in [0.25, 0.3) is 22.7 Å². The molecular weight excluding hydrogens is 396 g/mol. The van der Waals surface area contributed by atoms with Gasteiger partial charge in [0.2, 0.25) is 0 Å². The normalized spacial score (nSPS) is 16.0. The quantitative estimate of drug-likeness (QED) is 0.517. The van der Waals surface area contributed by atoms with Gasteiger partial charge in [-0.25, -0.2) is 9.67 Å². The fourth-order valence-corrected chi connectivity index (χ4v) is 3.80. The van der Waals surface area contributed by atoms with Crippen LogP contribution < -0.4 is 10.1 Å². The third kappa shape index (κ3) is 3.64. The summed E-state index contributed by atoms with van der Waals surface area (Å²) in [5, 5.41) is 7.41. The summed E-state index contributed by atoms with van der Waals surface area (Å²) in [7, 11) is 1.62. The van der Waals surface area contributed by atoms with Gasteiger partial charge in [-0.15, -0.1) is 0 Å². The molecule has 5 rings (SSSR count). The van der Waals surface area contributed by atoms with E-state index in [1.807, 2.05) is 34.7 Å². The van der Waals surface area contributed by atoms with Crippen molar-refractivity contribution in [3.05, 3.63) is 60.8 Å². The maximum absolute atomic E-state index is 12.9. The highest BCUT2D eigenvalue weighted by molar-refractivity contribution is 5.99. The van der Waals surface area contributed by atoms with Crippen molar-refractivity contribution < 1.29 is 14.3 Å². The van der Waals surface area contributed by atoms with Crippen LogP contribution in [0.2, 0.25) is 0 Å². The van der Waals surface area contributed by atoms with E-state index in [4.69, 9.17) is 9.47 Å². The van der Waals surface area contributed by atoms with E-state index in [1.165, 1.54) is 0 Å². The zero-order valence-electron chi connectivity index (χ0n) is 17.1. The molecule has 0 radical (unpaired) electrons. The molecule has 1 saturated heterocycles. The first-order chi connectivity index (χ1) is 15.2. The van der Waals surface area contributed by atoms with E-state index >= 15 is 0 Å². The molecule has 4 heterocycles. The number of rotatable bonds is 6. The smallest absolute Gasteiger partial charge is 0.272 e. The summed E-state index contributed by atoms with van der Waals surface area (Å²) in [6, 6.07) is 9.47.